The second kappa shape index (κ2) is 5.01. The molecular formula is C12H17NOS. The number of nitrogens with two attached hydrogens (primary N) is 1. The van der Waals surface area contributed by atoms with Gasteiger partial charge in [0.05, 0.1) is 6.61 Å². The summed E-state index contributed by atoms with van der Waals surface area (Å²) in [6.07, 6.45) is 1.16. The summed E-state index contributed by atoms with van der Waals surface area (Å²) in [6, 6.07) is 8.62. The molecule has 1 aliphatic heterocycles. The lowest BCUT2D eigenvalue weighted by atomic mass is 10.1. The van der Waals surface area contributed by atoms with Gasteiger partial charge < -0.3 is 10.5 Å². The highest BCUT2D eigenvalue weighted by molar-refractivity contribution is 8.00. The standard InChI is InChI=1S/C12H17NOS/c1-9(13)10-3-2-4-11(7-10)15-12-5-6-14-8-12/h2-4,7,9,12H,5-6,8,13H2,1H3. The fraction of sp³-hybridized carbons (Fsp3) is 0.500. The zero-order valence-corrected chi connectivity index (χ0v) is 9.80. The minimum absolute atomic E-state index is 0.116. The van der Waals surface area contributed by atoms with Crippen LogP contribution in [0, 0.1) is 0 Å². The van der Waals surface area contributed by atoms with E-state index in [0.717, 1.165) is 19.6 Å². The van der Waals surface area contributed by atoms with E-state index in [0.29, 0.717) is 5.25 Å². The monoisotopic (exact) mass is 223 g/mol. The quantitative estimate of drug-likeness (QED) is 0.855. The maximum atomic E-state index is 5.86. The normalized spacial score (nSPS) is 22.9. The third-order valence-corrected chi connectivity index (χ3v) is 3.81. The van der Waals surface area contributed by atoms with Crippen LogP contribution in [-0.4, -0.2) is 18.5 Å². The first-order valence-corrected chi connectivity index (χ1v) is 6.23. The second-order valence-corrected chi connectivity index (χ2v) is 5.34. The van der Waals surface area contributed by atoms with Gasteiger partial charge in [0.2, 0.25) is 0 Å². The van der Waals surface area contributed by atoms with Crippen molar-refractivity contribution in [3.63, 3.8) is 0 Å². The van der Waals surface area contributed by atoms with Gasteiger partial charge in [-0.2, -0.15) is 0 Å². The summed E-state index contributed by atoms with van der Waals surface area (Å²) in [6.45, 7) is 3.81. The average Bonchev–Trinajstić information content (AvgIpc) is 2.71. The molecule has 1 fully saturated rings. The molecule has 0 spiro atoms. The van der Waals surface area contributed by atoms with E-state index in [9.17, 15) is 0 Å². The summed E-state index contributed by atoms with van der Waals surface area (Å²) < 4.78 is 5.36. The zero-order chi connectivity index (χ0) is 10.7. The van der Waals surface area contributed by atoms with Gasteiger partial charge in [0, 0.05) is 22.8 Å². The Labute approximate surface area is 95.2 Å². The number of hydrogen-bond donors (Lipinski definition) is 1. The van der Waals surface area contributed by atoms with Gasteiger partial charge in [-0.15, -0.1) is 11.8 Å². The Morgan fingerprint density at radius 2 is 2.40 bits per heavy atom. The first kappa shape index (κ1) is 11.0. The van der Waals surface area contributed by atoms with Crippen LogP contribution in [0.25, 0.3) is 0 Å². The fourth-order valence-corrected chi connectivity index (χ4v) is 2.79. The molecule has 0 radical (unpaired) electrons. The Morgan fingerprint density at radius 1 is 1.53 bits per heavy atom. The third kappa shape index (κ3) is 2.97. The molecule has 2 unspecified atom stereocenters. The van der Waals surface area contributed by atoms with Gasteiger partial charge in [0.15, 0.2) is 0 Å². The molecule has 0 aliphatic carbocycles. The van der Waals surface area contributed by atoms with Crippen molar-refractivity contribution in [2.24, 2.45) is 5.73 Å². The first-order chi connectivity index (χ1) is 7.25. The van der Waals surface area contributed by atoms with Crippen LogP contribution >= 0.6 is 11.8 Å². The lowest BCUT2D eigenvalue weighted by molar-refractivity contribution is 0.199. The number of benzene rings is 1. The van der Waals surface area contributed by atoms with Gasteiger partial charge in [-0.1, -0.05) is 12.1 Å². The van der Waals surface area contributed by atoms with Crippen molar-refractivity contribution in [1.82, 2.24) is 0 Å². The molecule has 15 heavy (non-hydrogen) atoms. The van der Waals surface area contributed by atoms with Gasteiger partial charge in [0.1, 0.15) is 0 Å². The molecule has 1 saturated heterocycles. The highest BCUT2D eigenvalue weighted by Crippen LogP contribution is 2.29. The molecule has 82 valence electrons. The summed E-state index contributed by atoms with van der Waals surface area (Å²) in [5.41, 5.74) is 7.06. The van der Waals surface area contributed by atoms with Crippen LogP contribution in [0.5, 0.6) is 0 Å². The van der Waals surface area contributed by atoms with E-state index in [-0.39, 0.29) is 6.04 Å². The van der Waals surface area contributed by atoms with Crippen LogP contribution in [0.15, 0.2) is 29.2 Å². The number of hydrogen-bond acceptors (Lipinski definition) is 3. The van der Waals surface area contributed by atoms with Crippen molar-refractivity contribution in [1.29, 1.82) is 0 Å². The Hall–Kier alpha value is -0.510. The van der Waals surface area contributed by atoms with E-state index in [1.807, 2.05) is 18.7 Å². The molecule has 2 nitrogen and oxygen atoms in total. The van der Waals surface area contributed by atoms with E-state index in [4.69, 9.17) is 10.5 Å². The lowest BCUT2D eigenvalue weighted by Crippen LogP contribution is -2.05. The average molecular weight is 223 g/mol. The molecule has 0 amide bonds. The molecule has 1 aromatic carbocycles. The lowest BCUT2D eigenvalue weighted by Gasteiger charge is -2.10. The molecule has 1 heterocycles. The van der Waals surface area contributed by atoms with Gasteiger partial charge >= 0.3 is 0 Å². The van der Waals surface area contributed by atoms with Gasteiger partial charge in [-0.3, -0.25) is 0 Å². The van der Waals surface area contributed by atoms with E-state index >= 15 is 0 Å². The number of thioether (sulfide) groups is 1. The van der Waals surface area contributed by atoms with Crippen LogP contribution in [0.4, 0.5) is 0 Å². The maximum Gasteiger partial charge on any atom is 0.0589 e. The van der Waals surface area contributed by atoms with Crippen LogP contribution in [0.1, 0.15) is 24.9 Å². The summed E-state index contributed by atoms with van der Waals surface area (Å²) >= 11 is 1.90. The van der Waals surface area contributed by atoms with Crippen molar-refractivity contribution in [3.05, 3.63) is 29.8 Å². The Morgan fingerprint density at radius 3 is 3.07 bits per heavy atom. The predicted molar refractivity (Wildman–Crippen MR) is 64.1 cm³/mol. The molecule has 0 bridgehead atoms. The second-order valence-electron chi connectivity index (χ2n) is 3.96. The molecular weight excluding hydrogens is 206 g/mol. The summed E-state index contributed by atoms with van der Waals surface area (Å²) in [4.78, 5) is 1.31. The number of ether oxygens (including phenoxy) is 1. The summed E-state index contributed by atoms with van der Waals surface area (Å²) in [5.74, 6) is 0. The largest absolute Gasteiger partial charge is 0.380 e. The highest BCUT2D eigenvalue weighted by atomic mass is 32.2. The first-order valence-electron chi connectivity index (χ1n) is 5.35. The Bertz CT molecular complexity index is 321. The summed E-state index contributed by atoms with van der Waals surface area (Å²) in [7, 11) is 0. The molecule has 0 aromatic heterocycles. The van der Waals surface area contributed by atoms with Crippen molar-refractivity contribution in [2.45, 2.75) is 29.5 Å². The topological polar surface area (TPSA) is 35.2 Å². The minimum Gasteiger partial charge on any atom is -0.380 e. The van der Waals surface area contributed by atoms with Crippen LogP contribution < -0.4 is 5.73 Å². The van der Waals surface area contributed by atoms with E-state index in [1.165, 1.54) is 10.5 Å². The van der Waals surface area contributed by atoms with E-state index < -0.39 is 0 Å². The Kier molecular flexibility index (Phi) is 3.67. The number of rotatable bonds is 3. The Balaban J connectivity index is 2.04. The molecule has 2 N–H and O–H groups in total. The zero-order valence-electron chi connectivity index (χ0n) is 8.98. The molecule has 1 aromatic rings. The van der Waals surface area contributed by atoms with Crippen molar-refractivity contribution < 1.29 is 4.74 Å². The van der Waals surface area contributed by atoms with Crippen LogP contribution in [-0.2, 0) is 4.74 Å². The SMILES string of the molecule is CC(N)c1cccc(SC2CCOC2)c1. The van der Waals surface area contributed by atoms with Gasteiger partial charge in [-0.05, 0) is 31.0 Å². The molecule has 3 heteroatoms. The van der Waals surface area contributed by atoms with Gasteiger partial charge in [0.25, 0.3) is 0 Å². The van der Waals surface area contributed by atoms with E-state index in [1.54, 1.807) is 0 Å². The molecule has 2 rings (SSSR count). The smallest absolute Gasteiger partial charge is 0.0589 e. The molecule has 0 saturated carbocycles. The highest BCUT2D eigenvalue weighted by Gasteiger charge is 2.16. The van der Waals surface area contributed by atoms with E-state index in [2.05, 4.69) is 24.3 Å². The maximum absolute atomic E-state index is 5.86. The van der Waals surface area contributed by atoms with Crippen LogP contribution in [0.3, 0.4) is 0 Å². The molecule has 2 atom stereocenters. The van der Waals surface area contributed by atoms with Crippen molar-refractivity contribution in [3.8, 4) is 0 Å². The predicted octanol–water partition coefficient (Wildman–Crippen LogP) is 2.59. The minimum atomic E-state index is 0.116. The fourth-order valence-electron chi connectivity index (χ4n) is 1.67. The van der Waals surface area contributed by atoms with Gasteiger partial charge in [-0.25, -0.2) is 0 Å². The summed E-state index contributed by atoms with van der Waals surface area (Å²) in [5, 5.41) is 0.619. The van der Waals surface area contributed by atoms with Crippen LogP contribution in [0.2, 0.25) is 0 Å². The molecule has 1 aliphatic rings. The third-order valence-electron chi connectivity index (χ3n) is 2.57. The van der Waals surface area contributed by atoms with Crippen molar-refractivity contribution in [2.75, 3.05) is 13.2 Å². The van der Waals surface area contributed by atoms with Crippen molar-refractivity contribution >= 4 is 11.8 Å².